The van der Waals surface area contributed by atoms with Gasteiger partial charge in [-0.2, -0.15) is 0 Å². The fourth-order valence-electron chi connectivity index (χ4n) is 2.78. The molecule has 0 saturated heterocycles. The normalized spacial score (nSPS) is 12.4. The molecule has 0 aliphatic rings. The van der Waals surface area contributed by atoms with Gasteiger partial charge in [0, 0.05) is 16.8 Å². The number of furan rings is 1. The third-order valence-electron chi connectivity index (χ3n) is 4.11. The highest BCUT2D eigenvalue weighted by Crippen LogP contribution is 2.37. The van der Waals surface area contributed by atoms with Crippen LogP contribution in [0.3, 0.4) is 0 Å². The van der Waals surface area contributed by atoms with Gasteiger partial charge >= 0.3 is 0 Å². The van der Waals surface area contributed by atoms with E-state index in [-0.39, 0.29) is 11.2 Å². The summed E-state index contributed by atoms with van der Waals surface area (Å²) in [4.78, 5) is 12.6. The summed E-state index contributed by atoms with van der Waals surface area (Å²) in [6, 6.07) is 11.5. The zero-order valence-electron chi connectivity index (χ0n) is 15.0. The van der Waals surface area contributed by atoms with Crippen molar-refractivity contribution in [2.24, 2.45) is 0 Å². The molecule has 0 aliphatic carbocycles. The van der Waals surface area contributed by atoms with Crippen molar-refractivity contribution >= 4 is 56.6 Å². The molecule has 2 heterocycles. The van der Waals surface area contributed by atoms with Crippen molar-refractivity contribution in [3.05, 3.63) is 41.4 Å². The SMILES string of the molecule is COc1cc2c(cc1NC(=O)[C@H](C)Sc1nnc(C)s1)oc1ccccc12. The summed E-state index contributed by atoms with van der Waals surface area (Å²) < 4.78 is 12.2. The van der Waals surface area contributed by atoms with Crippen LogP contribution >= 0.6 is 23.1 Å². The number of methoxy groups -OCH3 is 1. The first-order valence-corrected chi connectivity index (χ1v) is 10.0. The van der Waals surface area contributed by atoms with E-state index >= 15 is 0 Å². The number of ether oxygens (including phenoxy) is 1. The van der Waals surface area contributed by atoms with Gasteiger partial charge in [-0.05, 0) is 26.0 Å². The predicted molar refractivity (Wildman–Crippen MR) is 109 cm³/mol. The smallest absolute Gasteiger partial charge is 0.237 e. The molecule has 1 atom stereocenters. The Hall–Kier alpha value is -2.58. The number of amides is 1. The molecule has 2 aromatic carbocycles. The number of aromatic nitrogens is 2. The zero-order chi connectivity index (χ0) is 19.0. The number of para-hydroxylation sites is 1. The number of fused-ring (bicyclic) bond motifs is 3. The summed E-state index contributed by atoms with van der Waals surface area (Å²) in [5, 5.41) is 13.5. The monoisotopic (exact) mass is 399 g/mol. The van der Waals surface area contributed by atoms with Crippen molar-refractivity contribution in [3.63, 3.8) is 0 Å². The van der Waals surface area contributed by atoms with Crippen molar-refractivity contribution in [2.75, 3.05) is 12.4 Å². The standard InChI is InChI=1S/C19H17N3O3S2/c1-10(26-19-22-21-11(2)27-19)18(23)20-14-9-16-13(8-17(14)24-3)12-6-4-5-7-15(12)25-16/h4-10H,1-3H3,(H,20,23)/t10-/m0/s1. The van der Waals surface area contributed by atoms with Gasteiger partial charge in [0.2, 0.25) is 5.91 Å². The molecule has 0 spiro atoms. The molecule has 8 heteroatoms. The summed E-state index contributed by atoms with van der Waals surface area (Å²) in [6.07, 6.45) is 0. The summed E-state index contributed by atoms with van der Waals surface area (Å²) in [5.41, 5.74) is 2.08. The Labute approximate surface area is 163 Å². The van der Waals surface area contributed by atoms with Crippen LogP contribution in [0, 0.1) is 6.92 Å². The van der Waals surface area contributed by atoms with Gasteiger partial charge in [-0.25, -0.2) is 0 Å². The van der Waals surface area contributed by atoms with Gasteiger partial charge in [0.25, 0.3) is 0 Å². The van der Waals surface area contributed by atoms with Crippen LogP contribution in [0.2, 0.25) is 0 Å². The third kappa shape index (κ3) is 3.50. The van der Waals surface area contributed by atoms with Gasteiger partial charge in [-0.3, -0.25) is 4.79 Å². The lowest BCUT2D eigenvalue weighted by molar-refractivity contribution is -0.115. The number of aryl methyl sites for hydroxylation is 1. The summed E-state index contributed by atoms with van der Waals surface area (Å²) in [7, 11) is 1.58. The molecule has 138 valence electrons. The number of nitrogens with zero attached hydrogens (tertiary/aromatic N) is 2. The highest BCUT2D eigenvalue weighted by molar-refractivity contribution is 8.02. The van der Waals surface area contributed by atoms with Crippen LogP contribution < -0.4 is 10.1 Å². The van der Waals surface area contributed by atoms with Crippen molar-refractivity contribution in [3.8, 4) is 5.75 Å². The van der Waals surface area contributed by atoms with Crippen molar-refractivity contribution in [1.29, 1.82) is 0 Å². The van der Waals surface area contributed by atoms with Gasteiger partial charge in [0.05, 0.1) is 18.0 Å². The van der Waals surface area contributed by atoms with Gasteiger partial charge in [-0.1, -0.05) is 41.3 Å². The second-order valence-electron chi connectivity index (χ2n) is 5.98. The topological polar surface area (TPSA) is 77.2 Å². The number of nitrogens with one attached hydrogen (secondary N) is 1. The molecular formula is C19H17N3O3S2. The van der Waals surface area contributed by atoms with Gasteiger partial charge in [-0.15, -0.1) is 10.2 Å². The lowest BCUT2D eigenvalue weighted by atomic mass is 10.1. The van der Waals surface area contributed by atoms with Crippen molar-refractivity contribution in [2.45, 2.75) is 23.4 Å². The van der Waals surface area contributed by atoms with Crippen LogP contribution in [0.4, 0.5) is 5.69 Å². The van der Waals surface area contributed by atoms with E-state index in [2.05, 4.69) is 15.5 Å². The van der Waals surface area contributed by atoms with Gasteiger partial charge in [0.15, 0.2) is 4.34 Å². The minimum Gasteiger partial charge on any atom is -0.495 e. The molecule has 4 rings (SSSR count). The Morgan fingerprint density at radius 3 is 2.78 bits per heavy atom. The lowest BCUT2D eigenvalue weighted by Gasteiger charge is -2.13. The van der Waals surface area contributed by atoms with E-state index in [0.717, 1.165) is 25.7 Å². The van der Waals surface area contributed by atoms with E-state index < -0.39 is 0 Å². The van der Waals surface area contributed by atoms with E-state index in [1.807, 2.05) is 44.2 Å². The first-order valence-electron chi connectivity index (χ1n) is 8.32. The number of hydrogen-bond donors (Lipinski definition) is 1. The second-order valence-corrected chi connectivity index (χ2v) is 8.75. The number of carbonyl (C=O) groups excluding carboxylic acids is 1. The molecule has 2 aromatic heterocycles. The third-order valence-corrected chi connectivity index (χ3v) is 6.13. The number of benzene rings is 2. The maximum Gasteiger partial charge on any atom is 0.237 e. The number of thioether (sulfide) groups is 1. The van der Waals surface area contributed by atoms with E-state index in [0.29, 0.717) is 17.0 Å². The maximum absolute atomic E-state index is 12.6. The van der Waals surface area contributed by atoms with Crippen LogP contribution in [0.15, 0.2) is 45.2 Å². The second kappa shape index (κ2) is 7.21. The molecule has 0 saturated carbocycles. The Kier molecular flexibility index (Phi) is 4.75. The van der Waals surface area contributed by atoms with Crippen LogP contribution in [0.25, 0.3) is 21.9 Å². The fraction of sp³-hybridized carbons (Fsp3) is 0.211. The van der Waals surface area contributed by atoms with Crippen LogP contribution in [-0.4, -0.2) is 28.5 Å². The van der Waals surface area contributed by atoms with Crippen molar-refractivity contribution in [1.82, 2.24) is 10.2 Å². The Balaban J connectivity index is 1.62. The highest BCUT2D eigenvalue weighted by atomic mass is 32.2. The minimum absolute atomic E-state index is 0.137. The summed E-state index contributed by atoms with van der Waals surface area (Å²) in [5.74, 6) is 0.452. The molecule has 27 heavy (non-hydrogen) atoms. The van der Waals surface area contributed by atoms with E-state index in [1.54, 1.807) is 13.2 Å². The summed E-state index contributed by atoms with van der Waals surface area (Å²) in [6.45, 7) is 3.73. The first-order chi connectivity index (χ1) is 13.0. The molecule has 4 aromatic rings. The Morgan fingerprint density at radius 2 is 2.04 bits per heavy atom. The van der Waals surface area contributed by atoms with E-state index in [4.69, 9.17) is 9.15 Å². The van der Waals surface area contributed by atoms with Gasteiger partial charge < -0.3 is 14.5 Å². The molecule has 0 aliphatic heterocycles. The zero-order valence-corrected chi connectivity index (χ0v) is 16.6. The molecule has 1 N–H and O–H groups in total. The lowest BCUT2D eigenvalue weighted by Crippen LogP contribution is -2.22. The van der Waals surface area contributed by atoms with E-state index in [9.17, 15) is 4.79 Å². The van der Waals surface area contributed by atoms with Crippen LogP contribution in [0.5, 0.6) is 5.75 Å². The van der Waals surface area contributed by atoms with Crippen LogP contribution in [-0.2, 0) is 4.79 Å². The molecule has 0 radical (unpaired) electrons. The maximum atomic E-state index is 12.6. The quantitative estimate of drug-likeness (QED) is 0.482. The summed E-state index contributed by atoms with van der Waals surface area (Å²) >= 11 is 2.85. The Morgan fingerprint density at radius 1 is 1.22 bits per heavy atom. The average molecular weight is 399 g/mol. The molecule has 0 bridgehead atoms. The highest BCUT2D eigenvalue weighted by Gasteiger charge is 2.20. The van der Waals surface area contributed by atoms with Crippen LogP contribution in [0.1, 0.15) is 11.9 Å². The molecule has 1 amide bonds. The van der Waals surface area contributed by atoms with Crippen molar-refractivity contribution < 1.29 is 13.9 Å². The molecule has 0 fully saturated rings. The van der Waals surface area contributed by atoms with Gasteiger partial charge in [0.1, 0.15) is 21.9 Å². The largest absolute Gasteiger partial charge is 0.495 e. The number of carbonyl (C=O) groups is 1. The minimum atomic E-state index is -0.326. The molecule has 6 nitrogen and oxygen atoms in total. The fourth-order valence-corrected chi connectivity index (χ4v) is 4.74. The molecular weight excluding hydrogens is 382 g/mol. The number of hydrogen-bond acceptors (Lipinski definition) is 7. The molecule has 0 unspecified atom stereocenters. The Bertz CT molecular complexity index is 1140. The predicted octanol–water partition coefficient (Wildman–Crippen LogP) is 4.87. The van der Waals surface area contributed by atoms with E-state index in [1.165, 1.54) is 23.1 Å². The number of rotatable bonds is 5. The average Bonchev–Trinajstić information content (AvgIpc) is 3.23. The first kappa shape index (κ1) is 17.8. The number of anilines is 1.